The minimum Gasteiger partial charge on any atom is -0.327 e. The summed E-state index contributed by atoms with van der Waals surface area (Å²) in [5.74, 6) is 0. The van der Waals surface area contributed by atoms with E-state index in [0.29, 0.717) is 0 Å². The van der Waals surface area contributed by atoms with E-state index >= 15 is 0 Å². The zero-order chi connectivity index (χ0) is 14.8. The average molecular weight is 278 g/mol. The molecule has 2 N–H and O–H groups in total. The Bertz CT molecular complexity index is 390. The van der Waals surface area contributed by atoms with Crippen LogP contribution >= 0.6 is 0 Å². The standard InChI is InChI=1S/C16H26N2O2/c1-2-3-4-5-6-7-8-15(17)13-14-9-11-16(12-10-14)18(19)20/h9-12,15H,2-8,13,17H2,1H3. The van der Waals surface area contributed by atoms with Crippen LogP contribution in [0.1, 0.15) is 57.4 Å². The molecular formula is C16H26N2O2. The third kappa shape index (κ3) is 6.66. The molecule has 0 spiro atoms. The smallest absolute Gasteiger partial charge is 0.269 e. The summed E-state index contributed by atoms with van der Waals surface area (Å²) in [4.78, 5) is 10.2. The second-order valence-corrected chi connectivity index (χ2v) is 5.44. The van der Waals surface area contributed by atoms with Gasteiger partial charge in [-0.1, -0.05) is 57.6 Å². The highest BCUT2D eigenvalue weighted by Crippen LogP contribution is 2.15. The first-order valence-corrected chi connectivity index (χ1v) is 7.62. The molecule has 1 aromatic carbocycles. The largest absolute Gasteiger partial charge is 0.327 e. The molecule has 0 fully saturated rings. The second-order valence-electron chi connectivity index (χ2n) is 5.44. The first-order valence-electron chi connectivity index (χ1n) is 7.62. The molecule has 0 bridgehead atoms. The summed E-state index contributed by atoms with van der Waals surface area (Å²) in [7, 11) is 0. The maximum atomic E-state index is 10.6. The fourth-order valence-electron chi connectivity index (χ4n) is 2.35. The fraction of sp³-hybridized carbons (Fsp3) is 0.625. The Morgan fingerprint density at radius 1 is 1.10 bits per heavy atom. The third-order valence-electron chi connectivity index (χ3n) is 3.57. The van der Waals surface area contributed by atoms with Gasteiger partial charge < -0.3 is 5.73 Å². The Kier molecular flexibility index (Phi) is 7.88. The van der Waals surface area contributed by atoms with Gasteiger partial charge in [0.1, 0.15) is 0 Å². The summed E-state index contributed by atoms with van der Waals surface area (Å²) in [5, 5.41) is 10.6. The lowest BCUT2D eigenvalue weighted by atomic mass is 10.0. The summed E-state index contributed by atoms with van der Waals surface area (Å²) >= 11 is 0. The van der Waals surface area contributed by atoms with Crippen molar-refractivity contribution in [2.24, 2.45) is 5.73 Å². The molecule has 0 radical (unpaired) electrons. The Morgan fingerprint density at radius 2 is 1.70 bits per heavy atom. The molecule has 0 saturated carbocycles. The van der Waals surface area contributed by atoms with Crippen molar-refractivity contribution in [3.8, 4) is 0 Å². The number of hydrogen-bond acceptors (Lipinski definition) is 3. The Hall–Kier alpha value is -1.42. The predicted molar refractivity (Wildman–Crippen MR) is 82.8 cm³/mol. The third-order valence-corrected chi connectivity index (χ3v) is 3.57. The zero-order valence-electron chi connectivity index (χ0n) is 12.4. The van der Waals surface area contributed by atoms with Gasteiger partial charge in [-0.25, -0.2) is 0 Å². The van der Waals surface area contributed by atoms with Gasteiger partial charge in [0.25, 0.3) is 5.69 Å². The number of non-ortho nitro benzene ring substituents is 1. The van der Waals surface area contributed by atoms with Gasteiger partial charge >= 0.3 is 0 Å². The molecular weight excluding hydrogens is 252 g/mol. The van der Waals surface area contributed by atoms with Gasteiger partial charge in [0.2, 0.25) is 0 Å². The molecule has 1 unspecified atom stereocenters. The summed E-state index contributed by atoms with van der Waals surface area (Å²) in [6.45, 7) is 2.22. The number of hydrogen-bond donors (Lipinski definition) is 1. The maximum Gasteiger partial charge on any atom is 0.269 e. The monoisotopic (exact) mass is 278 g/mol. The van der Waals surface area contributed by atoms with Crippen LogP contribution in [0.15, 0.2) is 24.3 Å². The molecule has 0 saturated heterocycles. The van der Waals surface area contributed by atoms with E-state index in [4.69, 9.17) is 5.73 Å². The zero-order valence-corrected chi connectivity index (χ0v) is 12.4. The van der Waals surface area contributed by atoms with Crippen molar-refractivity contribution in [1.82, 2.24) is 0 Å². The first kappa shape index (κ1) is 16.6. The molecule has 4 heteroatoms. The normalized spacial score (nSPS) is 12.3. The molecule has 0 aliphatic carbocycles. The topological polar surface area (TPSA) is 69.2 Å². The van der Waals surface area contributed by atoms with Crippen LogP contribution in [-0.4, -0.2) is 11.0 Å². The van der Waals surface area contributed by atoms with Crippen LogP contribution < -0.4 is 5.73 Å². The molecule has 1 aromatic rings. The number of rotatable bonds is 10. The van der Waals surface area contributed by atoms with E-state index in [1.807, 2.05) is 0 Å². The van der Waals surface area contributed by atoms with Crippen LogP contribution in [0.5, 0.6) is 0 Å². The van der Waals surface area contributed by atoms with Crippen molar-refractivity contribution >= 4 is 5.69 Å². The van der Waals surface area contributed by atoms with Gasteiger partial charge in [0.05, 0.1) is 4.92 Å². The molecule has 20 heavy (non-hydrogen) atoms. The lowest BCUT2D eigenvalue weighted by molar-refractivity contribution is -0.384. The van der Waals surface area contributed by atoms with Crippen molar-refractivity contribution < 1.29 is 4.92 Å². The number of nitrogens with two attached hydrogens (primary N) is 1. The summed E-state index contributed by atoms with van der Waals surface area (Å²) < 4.78 is 0. The van der Waals surface area contributed by atoms with Crippen molar-refractivity contribution in [3.63, 3.8) is 0 Å². The molecule has 112 valence electrons. The quantitative estimate of drug-likeness (QED) is 0.396. The van der Waals surface area contributed by atoms with Crippen LogP contribution in [0, 0.1) is 10.1 Å². The van der Waals surface area contributed by atoms with Gasteiger partial charge in [-0.15, -0.1) is 0 Å². The van der Waals surface area contributed by atoms with Gasteiger partial charge in [-0.3, -0.25) is 10.1 Å². The first-order chi connectivity index (χ1) is 9.63. The summed E-state index contributed by atoms with van der Waals surface area (Å²) in [6, 6.07) is 6.86. The van der Waals surface area contributed by atoms with Crippen molar-refractivity contribution in [2.45, 2.75) is 64.3 Å². The summed E-state index contributed by atoms with van der Waals surface area (Å²) in [6.07, 6.45) is 9.50. The van der Waals surface area contributed by atoms with Gasteiger partial charge in [-0.05, 0) is 18.4 Å². The van der Waals surface area contributed by atoms with Crippen molar-refractivity contribution in [3.05, 3.63) is 39.9 Å². The van der Waals surface area contributed by atoms with E-state index in [-0.39, 0.29) is 16.7 Å². The van der Waals surface area contributed by atoms with Gasteiger partial charge in [0, 0.05) is 18.2 Å². The molecule has 0 amide bonds. The number of nitro benzene ring substituents is 1. The lowest BCUT2D eigenvalue weighted by Crippen LogP contribution is -2.22. The van der Waals surface area contributed by atoms with E-state index in [9.17, 15) is 10.1 Å². The van der Waals surface area contributed by atoms with Crippen molar-refractivity contribution in [2.75, 3.05) is 0 Å². The van der Waals surface area contributed by atoms with E-state index in [0.717, 1.165) is 18.4 Å². The minimum absolute atomic E-state index is 0.137. The number of benzene rings is 1. The van der Waals surface area contributed by atoms with E-state index in [1.165, 1.54) is 38.5 Å². The molecule has 0 heterocycles. The van der Waals surface area contributed by atoms with Gasteiger partial charge in [0.15, 0.2) is 0 Å². The highest BCUT2D eigenvalue weighted by atomic mass is 16.6. The Labute approximate surface area is 121 Å². The average Bonchev–Trinajstić information content (AvgIpc) is 2.43. The minimum atomic E-state index is -0.375. The maximum absolute atomic E-state index is 10.6. The molecule has 0 aliphatic heterocycles. The van der Waals surface area contributed by atoms with E-state index < -0.39 is 0 Å². The number of nitro groups is 1. The van der Waals surface area contributed by atoms with Crippen LogP contribution in [0.4, 0.5) is 5.69 Å². The van der Waals surface area contributed by atoms with Gasteiger partial charge in [-0.2, -0.15) is 0 Å². The van der Waals surface area contributed by atoms with E-state index in [1.54, 1.807) is 24.3 Å². The highest BCUT2D eigenvalue weighted by molar-refractivity contribution is 5.33. The molecule has 1 atom stereocenters. The SMILES string of the molecule is CCCCCCCCC(N)Cc1ccc([N+](=O)[O-])cc1. The number of unbranched alkanes of at least 4 members (excludes halogenated alkanes) is 5. The fourth-order valence-corrected chi connectivity index (χ4v) is 2.35. The lowest BCUT2D eigenvalue weighted by Gasteiger charge is -2.11. The number of nitrogens with zero attached hydrogens (tertiary/aromatic N) is 1. The highest BCUT2D eigenvalue weighted by Gasteiger charge is 2.07. The van der Waals surface area contributed by atoms with Crippen LogP contribution in [-0.2, 0) is 6.42 Å². The second kappa shape index (κ2) is 9.48. The predicted octanol–water partition coefficient (Wildman–Crippen LogP) is 4.22. The van der Waals surface area contributed by atoms with Crippen LogP contribution in [0.25, 0.3) is 0 Å². The molecule has 0 aromatic heterocycles. The van der Waals surface area contributed by atoms with Crippen LogP contribution in [0.2, 0.25) is 0 Å². The molecule has 4 nitrogen and oxygen atoms in total. The van der Waals surface area contributed by atoms with Crippen molar-refractivity contribution in [1.29, 1.82) is 0 Å². The van der Waals surface area contributed by atoms with E-state index in [2.05, 4.69) is 6.92 Å². The summed E-state index contributed by atoms with van der Waals surface area (Å²) in [5.41, 5.74) is 7.33. The Balaban J connectivity index is 2.21. The molecule has 1 rings (SSSR count). The molecule has 0 aliphatic rings. The Morgan fingerprint density at radius 3 is 2.30 bits per heavy atom. The van der Waals surface area contributed by atoms with Crippen LogP contribution in [0.3, 0.4) is 0 Å².